The van der Waals surface area contributed by atoms with Gasteiger partial charge >= 0.3 is 5.97 Å². The Hall–Kier alpha value is -0.610. The summed E-state index contributed by atoms with van der Waals surface area (Å²) in [5.41, 5.74) is 4.19. The molecule has 4 heteroatoms. The third-order valence-electron chi connectivity index (χ3n) is 1.82. The van der Waals surface area contributed by atoms with Crippen LogP contribution in [0.4, 0.5) is 0 Å². The molecule has 10 heavy (non-hydrogen) atoms. The van der Waals surface area contributed by atoms with Gasteiger partial charge < -0.3 is 15.6 Å². The standard InChI is InChI=1S/C6H11NO3/c7-4-6(5(8)9)2-1-3-10-6/h1-4,7H2,(H,8,9). The molecule has 1 rings (SSSR count). The third kappa shape index (κ3) is 0.998. The Balaban J connectivity index is 2.67. The highest BCUT2D eigenvalue weighted by atomic mass is 16.5. The first-order chi connectivity index (χ1) is 4.71. The van der Waals surface area contributed by atoms with E-state index in [-0.39, 0.29) is 6.54 Å². The van der Waals surface area contributed by atoms with Crippen molar-refractivity contribution in [2.24, 2.45) is 5.73 Å². The van der Waals surface area contributed by atoms with Crippen molar-refractivity contribution >= 4 is 5.97 Å². The van der Waals surface area contributed by atoms with Crippen molar-refractivity contribution in [3.63, 3.8) is 0 Å². The minimum Gasteiger partial charge on any atom is -0.479 e. The number of hydrogen-bond donors (Lipinski definition) is 2. The smallest absolute Gasteiger partial charge is 0.337 e. The quantitative estimate of drug-likeness (QED) is 0.553. The molecule has 4 nitrogen and oxygen atoms in total. The van der Waals surface area contributed by atoms with Gasteiger partial charge in [0, 0.05) is 13.2 Å². The van der Waals surface area contributed by atoms with E-state index in [0.717, 1.165) is 6.42 Å². The average molecular weight is 145 g/mol. The zero-order valence-electron chi connectivity index (χ0n) is 5.67. The summed E-state index contributed by atoms with van der Waals surface area (Å²) in [5.74, 6) is -0.938. The molecular weight excluding hydrogens is 134 g/mol. The van der Waals surface area contributed by atoms with Crippen molar-refractivity contribution in [2.45, 2.75) is 18.4 Å². The monoisotopic (exact) mass is 145 g/mol. The van der Waals surface area contributed by atoms with Crippen molar-refractivity contribution in [1.82, 2.24) is 0 Å². The second-order valence-corrected chi connectivity index (χ2v) is 2.46. The van der Waals surface area contributed by atoms with Gasteiger partial charge in [-0.3, -0.25) is 0 Å². The predicted molar refractivity (Wildman–Crippen MR) is 34.6 cm³/mol. The first-order valence-electron chi connectivity index (χ1n) is 3.29. The lowest BCUT2D eigenvalue weighted by atomic mass is 10.0. The largest absolute Gasteiger partial charge is 0.479 e. The van der Waals surface area contributed by atoms with E-state index in [4.69, 9.17) is 15.6 Å². The third-order valence-corrected chi connectivity index (χ3v) is 1.82. The van der Waals surface area contributed by atoms with Gasteiger partial charge in [-0.15, -0.1) is 0 Å². The van der Waals surface area contributed by atoms with Crippen LogP contribution >= 0.6 is 0 Å². The molecule has 1 aliphatic heterocycles. The number of rotatable bonds is 2. The van der Waals surface area contributed by atoms with Crippen LogP contribution in [0.25, 0.3) is 0 Å². The van der Waals surface area contributed by atoms with Crippen LogP contribution in [-0.4, -0.2) is 29.8 Å². The minimum atomic E-state index is -1.07. The molecular formula is C6H11NO3. The van der Waals surface area contributed by atoms with Crippen LogP contribution in [0.15, 0.2) is 0 Å². The maximum atomic E-state index is 10.5. The second kappa shape index (κ2) is 2.56. The van der Waals surface area contributed by atoms with Crippen molar-refractivity contribution in [3.8, 4) is 0 Å². The van der Waals surface area contributed by atoms with Gasteiger partial charge in [-0.1, -0.05) is 0 Å². The van der Waals surface area contributed by atoms with Gasteiger partial charge in [0.1, 0.15) is 0 Å². The molecule has 0 spiro atoms. The van der Waals surface area contributed by atoms with Gasteiger partial charge in [0.2, 0.25) is 0 Å². The predicted octanol–water partition coefficient (Wildman–Crippen LogP) is -0.421. The molecule has 0 radical (unpaired) electrons. The molecule has 58 valence electrons. The van der Waals surface area contributed by atoms with Crippen LogP contribution in [0, 0.1) is 0 Å². The molecule has 1 saturated heterocycles. The fraction of sp³-hybridized carbons (Fsp3) is 0.833. The minimum absolute atomic E-state index is 0.0718. The first kappa shape index (κ1) is 7.50. The van der Waals surface area contributed by atoms with Gasteiger partial charge in [-0.2, -0.15) is 0 Å². The summed E-state index contributed by atoms with van der Waals surface area (Å²) in [6.07, 6.45) is 1.34. The van der Waals surface area contributed by atoms with E-state index < -0.39 is 11.6 Å². The van der Waals surface area contributed by atoms with Gasteiger partial charge in [0.15, 0.2) is 5.60 Å². The zero-order chi connectivity index (χ0) is 7.61. The molecule has 1 atom stereocenters. The van der Waals surface area contributed by atoms with Gasteiger partial charge in [-0.25, -0.2) is 4.79 Å². The number of carboxylic acid groups (broad SMARTS) is 1. The average Bonchev–Trinajstić information content (AvgIpc) is 2.35. The van der Waals surface area contributed by atoms with Crippen molar-refractivity contribution < 1.29 is 14.6 Å². The molecule has 0 saturated carbocycles. The maximum absolute atomic E-state index is 10.5. The summed E-state index contributed by atoms with van der Waals surface area (Å²) in [6.45, 7) is 0.589. The molecule has 3 N–H and O–H groups in total. The summed E-state index contributed by atoms with van der Waals surface area (Å²) in [4.78, 5) is 10.5. The van der Waals surface area contributed by atoms with Crippen molar-refractivity contribution in [1.29, 1.82) is 0 Å². The first-order valence-corrected chi connectivity index (χ1v) is 3.29. The van der Waals surface area contributed by atoms with Crippen molar-refractivity contribution in [3.05, 3.63) is 0 Å². The normalized spacial score (nSPS) is 32.5. The Bertz CT molecular complexity index is 140. The summed E-state index contributed by atoms with van der Waals surface area (Å²) < 4.78 is 5.03. The molecule has 1 aliphatic rings. The topological polar surface area (TPSA) is 72.6 Å². The van der Waals surface area contributed by atoms with Gasteiger partial charge in [-0.05, 0) is 12.8 Å². The molecule has 1 heterocycles. The number of hydrogen-bond acceptors (Lipinski definition) is 3. The SMILES string of the molecule is NCC1(C(=O)O)CCCO1. The summed E-state index contributed by atoms with van der Waals surface area (Å²) in [6, 6.07) is 0. The van der Waals surface area contributed by atoms with Crippen LogP contribution in [0.3, 0.4) is 0 Å². The maximum Gasteiger partial charge on any atom is 0.337 e. The van der Waals surface area contributed by atoms with Crippen LogP contribution < -0.4 is 5.73 Å². The number of carbonyl (C=O) groups is 1. The van der Waals surface area contributed by atoms with Crippen LogP contribution in [-0.2, 0) is 9.53 Å². The molecule has 0 bridgehead atoms. The van der Waals surface area contributed by atoms with E-state index in [9.17, 15) is 4.79 Å². The Labute approximate surface area is 59.0 Å². The zero-order valence-corrected chi connectivity index (χ0v) is 5.67. The molecule has 0 aromatic carbocycles. The fourth-order valence-electron chi connectivity index (χ4n) is 1.11. The summed E-state index contributed by atoms with van der Waals surface area (Å²) in [7, 11) is 0. The van der Waals surface area contributed by atoms with Crippen molar-refractivity contribution in [2.75, 3.05) is 13.2 Å². The van der Waals surface area contributed by atoms with E-state index >= 15 is 0 Å². The highest BCUT2D eigenvalue weighted by Crippen LogP contribution is 2.24. The van der Waals surface area contributed by atoms with E-state index in [2.05, 4.69) is 0 Å². The number of nitrogens with two attached hydrogens (primary N) is 1. The van der Waals surface area contributed by atoms with Gasteiger partial charge in [0.25, 0.3) is 0 Å². The lowest BCUT2D eigenvalue weighted by molar-refractivity contribution is -0.158. The Kier molecular flexibility index (Phi) is 1.92. The molecule has 1 unspecified atom stereocenters. The Morgan fingerprint density at radius 2 is 2.50 bits per heavy atom. The molecule has 0 aromatic heterocycles. The lowest BCUT2D eigenvalue weighted by Crippen LogP contribution is -2.44. The fourth-order valence-corrected chi connectivity index (χ4v) is 1.11. The number of aliphatic carboxylic acids is 1. The second-order valence-electron chi connectivity index (χ2n) is 2.46. The van der Waals surface area contributed by atoms with Crippen LogP contribution in [0.2, 0.25) is 0 Å². The summed E-state index contributed by atoms with van der Waals surface area (Å²) in [5, 5.41) is 8.66. The van der Waals surface area contributed by atoms with Crippen LogP contribution in [0.5, 0.6) is 0 Å². The number of ether oxygens (including phenoxy) is 1. The van der Waals surface area contributed by atoms with Gasteiger partial charge in [0.05, 0.1) is 0 Å². The lowest BCUT2D eigenvalue weighted by Gasteiger charge is -2.20. The highest BCUT2D eigenvalue weighted by Gasteiger charge is 2.41. The molecule has 0 amide bonds. The van der Waals surface area contributed by atoms with E-state index in [1.807, 2.05) is 0 Å². The van der Waals surface area contributed by atoms with E-state index in [0.29, 0.717) is 13.0 Å². The van der Waals surface area contributed by atoms with E-state index in [1.165, 1.54) is 0 Å². The molecule has 0 aliphatic carbocycles. The Morgan fingerprint density at radius 1 is 1.80 bits per heavy atom. The Morgan fingerprint density at radius 3 is 2.70 bits per heavy atom. The summed E-state index contributed by atoms with van der Waals surface area (Å²) >= 11 is 0. The molecule has 0 aromatic rings. The highest BCUT2D eigenvalue weighted by molar-refractivity contribution is 5.78. The van der Waals surface area contributed by atoms with E-state index in [1.54, 1.807) is 0 Å². The molecule has 1 fully saturated rings. The number of carboxylic acids is 1. The van der Waals surface area contributed by atoms with Crippen LogP contribution in [0.1, 0.15) is 12.8 Å².